The maximum atomic E-state index is 12.3. The first-order chi connectivity index (χ1) is 8.88. The highest BCUT2D eigenvalue weighted by molar-refractivity contribution is 7.89. The summed E-state index contributed by atoms with van der Waals surface area (Å²) in [7, 11) is -1.93. The Morgan fingerprint density at radius 1 is 1.32 bits per heavy atom. The zero-order valence-corrected chi connectivity index (χ0v) is 12.5. The average Bonchev–Trinajstić information content (AvgIpc) is 2.73. The Hall–Kier alpha value is -1.34. The summed E-state index contributed by atoms with van der Waals surface area (Å²) in [4.78, 5) is 11.8. The summed E-state index contributed by atoms with van der Waals surface area (Å²) in [5.41, 5.74) is 0.229. The zero-order chi connectivity index (χ0) is 14.6. The van der Waals surface area contributed by atoms with Gasteiger partial charge in [-0.15, -0.1) is 0 Å². The van der Waals surface area contributed by atoms with E-state index in [1.54, 1.807) is 27.8 Å². The Kier molecular flexibility index (Phi) is 5.13. The maximum Gasteiger partial charge on any atom is 0.354 e. The molecule has 0 fully saturated rings. The van der Waals surface area contributed by atoms with E-state index in [1.165, 1.54) is 21.1 Å². The summed E-state index contributed by atoms with van der Waals surface area (Å²) >= 11 is 0. The Bertz CT molecular complexity index is 544. The molecule has 0 saturated heterocycles. The van der Waals surface area contributed by atoms with Crippen molar-refractivity contribution in [1.82, 2.24) is 8.87 Å². The van der Waals surface area contributed by atoms with Crippen LogP contribution in [0.5, 0.6) is 0 Å². The van der Waals surface area contributed by atoms with Crippen molar-refractivity contribution < 1.29 is 17.9 Å². The van der Waals surface area contributed by atoms with Crippen molar-refractivity contribution in [2.24, 2.45) is 7.05 Å². The van der Waals surface area contributed by atoms with Gasteiger partial charge >= 0.3 is 5.97 Å². The van der Waals surface area contributed by atoms with Gasteiger partial charge in [-0.3, -0.25) is 0 Å². The lowest BCUT2D eigenvalue weighted by Crippen LogP contribution is -2.30. The van der Waals surface area contributed by atoms with Crippen molar-refractivity contribution >= 4 is 16.0 Å². The van der Waals surface area contributed by atoms with Crippen LogP contribution in [0, 0.1) is 0 Å². The van der Waals surface area contributed by atoms with Crippen LogP contribution < -0.4 is 0 Å². The molecule has 1 aromatic rings. The summed E-state index contributed by atoms with van der Waals surface area (Å²) in [5.74, 6) is -0.522. The minimum atomic E-state index is -3.55. The molecule has 6 nitrogen and oxygen atoms in total. The number of rotatable bonds is 6. The number of aromatic nitrogens is 1. The monoisotopic (exact) mass is 288 g/mol. The molecule has 19 heavy (non-hydrogen) atoms. The van der Waals surface area contributed by atoms with Crippen molar-refractivity contribution in [3.8, 4) is 0 Å². The number of sulfonamides is 1. The SMILES string of the molecule is CCOC(=O)c1cc(S(=O)(=O)N(CC)CC)cn1C. The summed E-state index contributed by atoms with van der Waals surface area (Å²) in [5, 5.41) is 0. The van der Waals surface area contributed by atoms with Gasteiger partial charge in [-0.1, -0.05) is 13.8 Å². The van der Waals surface area contributed by atoms with E-state index in [2.05, 4.69) is 0 Å². The van der Waals surface area contributed by atoms with Crippen LogP contribution in [0.4, 0.5) is 0 Å². The number of carbonyl (C=O) groups excluding carboxylic acids is 1. The third-order valence-electron chi connectivity index (χ3n) is 2.81. The zero-order valence-electron chi connectivity index (χ0n) is 11.7. The fraction of sp³-hybridized carbons (Fsp3) is 0.583. The molecule has 0 aliphatic rings. The molecule has 0 amide bonds. The van der Waals surface area contributed by atoms with Gasteiger partial charge in [-0.25, -0.2) is 13.2 Å². The second-order valence-corrected chi connectivity index (χ2v) is 5.92. The molecule has 0 spiro atoms. The molecular weight excluding hydrogens is 268 g/mol. The van der Waals surface area contributed by atoms with Crippen molar-refractivity contribution in [3.05, 3.63) is 18.0 Å². The summed E-state index contributed by atoms with van der Waals surface area (Å²) < 4.78 is 32.3. The molecule has 1 rings (SSSR count). The van der Waals surface area contributed by atoms with Gasteiger partial charge in [0.1, 0.15) is 10.6 Å². The van der Waals surface area contributed by atoms with Gasteiger partial charge in [-0.2, -0.15) is 4.31 Å². The van der Waals surface area contributed by atoms with Gasteiger partial charge in [0.15, 0.2) is 0 Å². The van der Waals surface area contributed by atoms with Crippen molar-refractivity contribution in [2.75, 3.05) is 19.7 Å². The van der Waals surface area contributed by atoms with E-state index in [-0.39, 0.29) is 17.2 Å². The van der Waals surface area contributed by atoms with E-state index in [0.717, 1.165) is 0 Å². The van der Waals surface area contributed by atoms with E-state index in [0.29, 0.717) is 13.1 Å². The Labute approximate surface area is 114 Å². The van der Waals surface area contributed by atoms with Gasteiger partial charge in [0.05, 0.1) is 6.61 Å². The molecule has 1 aromatic heterocycles. The lowest BCUT2D eigenvalue weighted by molar-refractivity contribution is 0.0515. The van der Waals surface area contributed by atoms with Crippen LogP contribution in [-0.4, -0.2) is 43.0 Å². The van der Waals surface area contributed by atoms with Crippen molar-refractivity contribution in [3.63, 3.8) is 0 Å². The van der Waals surface area contributed by atoms with Crippen LogP contribution >= 0.6 is 0 Å². The number of nitrogens with zero attached hydrogens (tertiary/aromatic N) is 2. The van der Waals surface area contributed by atoms with Gasteiger partial charge < -0.3 is 9.30 Å². The van der Waals surface area contributed by atoms with Gasteiger partial charge in [0, 0.05) is 26.3 Å². The van der Waals surface area contributed by atoms with Gasteiger partial charge in [0.2, 0.25) is 10.0 Å². The first kappa shape index (κ1) is 15.7. The van der Waals surface area contributed by atoms with Gasteiger partial charge in [0.25, 0.3) is 0 Å². The quantitative estimate of drug-likeness (QED) is 0.738. The minimum Gasteiger partial charge on any atom is -0.461 e. The number of hydrogen-bond acceptors (Lipinski definition) is 4. The topological polar surface area (TPSA) is 68.6 Å². The fourth-order valence-electron chi connectivity index (χ4n) is 1.80. The molecule has 0 saturated carbocycles. The average molecular weight is 288 g/mol. The molecule has 0 aromatic carbocycles. The molecular formula is C12H20N2O4S. The molecule has 0 aliphatic heterocycles. The van der Waals surface area contributed by atoms with E-state index in [9.17, 15) is 13.2 Å². The van der Waals surface area contributed by atoms with Crippen LogP contribution in [0.3, 0.4) is 0 Å². The van der Waals surface area contributed by atoms with Crippen LogP contribution in [0.1, 0.15) is 31.3 Å². The Morgan fingerprint density at radius 2 is 1.89 bits per heavy atom. The molecule has 108 valence electrons. The Morgan fingerprint density at radius 3 is 2.37 bits per heavy atom. The first-order valence-corrected chi connectivity index (χ1v) is 7.66. The summed E-state index contributed by atoms with van der Waals surface area (Å²) in [6.07, 6.45) is 1.43. The van der Waals surface area contributed by atoms with E-state index >= 15 is 0 Å². The highest BCUT2D eigenvalue weighted by atomic mass is 32.2. The maximum absolute atomic E-state index is 12.3. The fourth-order valence-corrected chi connectivity index (χ4v) is 3.33. The number of carbonyl (C=O) groups is 1. The third kappa shape index (κ3) is 3.16. The van der Waals surface area contributed by atoms with Crippen molar-refractivity contribution in [1.29, 1.82) is 0 Å². The van der Waals surface area contributed by atoms with E-state index in [4.69, 9.17) is 4.74 Å². The first-order valence-electron chi connectivity index (χ1n) is 6.22. The predicted molar refractivity (Wildman–Crippen MR) is 71.5 cm³/mol. The number of hydrogen-bond donors (Lipinski definition) is 0. The molecule has 0 bridgehead atoms. The molecule has 7 heteroatoms. The molecule has 0 atom stereocenters. The highest BCUT2D eigenvalue weighted by Gasteiger charge is 2.25. The smallest absolute Gasteiger partial charge is 0.354 e. The summed E-state index contributed by atoms with van der Waals surface area (Å²) in [6, 6.07) is 1.35. The molecule has 0 aliphatic carbocycles. The molecule has 1 heterocycles. The van der Waals surface area contributed by atoms with Crippen LogP contribution in [0.25, 0.3) is 0 Å². The van der Waals surface area contributed by atoms with Crippen molar-refractivity contribution in [2.45, 2.75) is 25.7 Å². The van der Waals surface area contributed by atoms with E-state index < -0.39 is 16.0 Å². The van der Waals surface area contributed by atoms with Crippen LogP contribution in [0.2, 0.25) is 0 Å². The lowest BCUT2D eigenvalue weighted by Gasteiger charge is -2.17. The number of esters is 1. The normalized spacial score (nSPS) is 11.8. The molecule has 0 unspecified atom stereocenters. The van der Waals surface area contributed by atoms with E-state index in [1.807, 2.05) is 0 Å². The van der Waals surface area contributed by atoms with Crippen LogP contribution in [0.15, 0.2) is 17.2 Å². The number of aryl methyl sites for hydroxylation is 1. The standard InChI is InChI=1S/C12H20N2O4S/c1-5-14(6-2)19(16,17)10-8-11(13(4)9-10)12(15)18-7-3/h8-9H,5-7H2,1-4H3. The predicted octanol–water partition coefficient (Wildman–Crippen LogP) is 1.23. The molecule has 0 N–H and O–H groups in total. The second-order valence-electron chi connectivity index (χ2n) is 3.98. The second kappa shape index (κ2) is 6.21. The number of ether oxygens (including phenoxy) is 1. The Balaban J connectivity index is 3.17. The molecule has 0 radical (unpaired) electrons. The largest absolute Gasteiger partial charge is 0.461 e. The summed E-state index contributed by atoms with van der Waals surface area (Å²) in [6.45, 7) is 6.29. The minimum absolute atomic E-state index is 0.113. The third-order valence-corrected chi connectivity index (χ3v) is 4.82. The lowest BCUT2D eigenvalue weighted by atomic mass is 10.4. The van der Waals surface area contributed by atoms with Gasteiger partial charge in [-0.05, 0) is 13.0 Å². The van der Waals surface area contributed by atoms with Crippen LogP contribution in [-0.2, 0) is 21.8 Å². The highest BCUT2D eigenvalue weighted by Crippen LogP contribution is 2.18.